The molecule has 0 amide bonds. The van der Waals surface area contributed by atoms with Crippen molar-refractivity contribution >= 4 is 11.7 Å². The van der Waals surface area contributed by atoms with Crippen molar-refractivity contribution in [1.82, 2.24) is 0 Å². The van der Waals surface area contributed by atoms with Crippen LogP contribution in [0, 0.1) is 5.92 Å². The summed E-state index contributed by atoms with van der Waals surface area (Å²) in [5, 5.41) is 12.0. The Balaban J connectivity index is 2.51. The normalized spacial score (nSPS) is 29.2. The van der Waals surface area contributed by atoms with E-state index in [0.29, 0.717) is 12.8 Å². The van der Waals surface area contributed by atoms with Crippen LogP contribution < -0.4 is 5.84 Å². The number of hydrazone groups is 1. The quantitative estimate of drug-likeness (QED) is 0.405. The van der Waals surface area contributed by atoms with Crippen molar-refractivity contribution in [2.24, 2.45) is 16.9 Å². The molecule has 56 valence electrons. The standard InChI is InChI=1S/C6H10N2O2/c7-8-5-2-1-4(3-5)6(9)10/h4H,1-3,7H2,(H,9,10)/b8-5+. The van der Waals surface area contributed by atoms with Gasteiger partial charge in [0.15, 0.2) is 0 Å². The van der Waals surface area contributed by atoms with Gasteiger partial charge in [0.2, 0.25) is 0 Å². The summed E-state index contributed by atoms with van der Waals surface area (Å²) in [6.45, 7) is 0. The van der Waals surface area contributed by atoms with Crippen LogP contribution in [0.4, 0.5) is 0 Å². The number of hydrogen-bond donors (Lipinski definition) is 2. The zero-order chi connectivity index (χ0) is 7.56. The lowest BCUT2D eigenvalue weighted by Gasteiger charge is -1.97. The molecule has 10 heavy (non-hydrogen) atoms. The summed E-state index contributed by atoms with van der Waals surface area (Å²) in [5.41, 5.74) is 0.826. The smallest absolute Gasteiger partial charge is 0.306 e. The molecule has 1 saturated carbocycles. The molecular weight excluding hydrogens is 132 g/mol. The molecule has 1 rings (SSSR count). The molecule has 1 unspecified atom stereocenters. The van der Waals surface area contributed by atoms with E-state index >= 15 is 0 Å². The number of nitrogens with two attached hydrogens (primary N) is 1. The minimum absolute atomic E-state index is 0.248. The molecule has 1 aliphatic carbocycles. The number of aliphatic carboxylic acids is 1. The van der Waals surface area contributed by atoms with Gasteiger partial charge in [0.1, 0.15) is 0 Å². The van der Waals surface area contributed by atoms with Crippen molar-refractivity contribution in [2.75, 3.05) is 0 Å². The second kappa shape index (κ2) is 2.68. The first-order valence-corrected chi connectivity index (χ1v) is 3.22. The highest BCUT2D eigenvalue weighted by molar-refractivity contribution is 5.91. The minimum Gasteiger partial charge on any atom is -0.481 e. The summed E-state index contributed by atoms with van der Waals surface area (Å²) in [7, 11) is 0. The van der Waals surface area contributed by atoms with Gasteiger partial charge in [-0.15, -0.1) is 0 Å². The lowest BCUT2D eigenvalue weighted by molar-refractivity contribution is -0.141. The Morgan fingerprint density at radius 1 is 1.80 bits per heavy atom. The Kier molecular flexibility index (Phi) is 1.89. The molecule has 4 heteroatoms. The molecule has 0 radical (unpaired) electrons. The minimum atomic E-state index is -0.737. The average molecular weight is 142 g/mol. The Morgan fingerprint density at radius 3 is 2.80 bits per heavy atom. The Morgan fingerprint density at radius 2 is 2.50 bits per heavy atom. The molecule has 0 aromatic heterocycles. The molecule has 1 fully saturated rings. The number of nitrogens with zero attached hydrogens (tertiary/aromatic N) is 1. The lowest BCUT2D eigenvalue weighted by Crippen LogP contribution is -2.09. The monoisotopic (exact) mass is 142 g/mol. The summed E-state index contributed by atoms with van der Waals surface area (Å²) in [6.07, 6.45) is 1.96. The highest BCUT2D eigenvalue weighted by Gasteiger charge is 2.26. The fraction of sp³-hybridized carbons (Fsp3) is 0.667. The van der Waals surface area contributed by atoms with Gasteiger partial charge in [0.05, 0.1) is 5.92 Å². The zero-order valence-corrected chi connectivity index (χ0v) is 5.58. The summed E-state index contributed by atoms with van der Waals surface area (Å²) >= 11 is 0. The predicted octanol–water partition coefficient (Wildman–Crippen LogP) is 0.186. The number of carboxylic acids is 1. The van der Waals surface area contributed by atoms with E-state index in [-0.39, 0.29) is 5.92 Å². The van der Waals surface area contributed by atoms with Crippen LogP contribution in [0.25, 0.3) is 0 Å². The first-order chi connectivity index (χ1) is 4.74. The van der Waals surface area contributed by atoms with E-state index in [1.807, 2.05) is 0 Å². The van der Waals surface area contributed by atoms with Crippen molar-refractivity contribution in [3.05, 3.63) is 0 Å². The van der Waals surface area contributed by atoms with E-state index in [0.717, 1.165) is 12.1 Å². The molecule has 0 aromatic rings. The first-order valence-electron chi connectivity index (χ1n) is 3.22. The third-order valence-electron chi connectivity index (χ3n) is 1.80. The van der Waals surface area contributed by atoms with Crippen LogP contribution in [0.5, 0.6) is 0 Å². The van der Waals surface area contributed by atoms with Gasteiger partial charge in [0.25, 0.3) is 0 Å². The predicted molar refractivity (Wildman–Crippen MR) is 36.6 cm³/mol. The van der Waals surface area contributed by atoms with Crippen LogP contribution in [0.1, 0.15) is 19.3 Å². The SMILES string of the molecule is N/N=C1\CCC(C(=O)O)C1. The van der Waals surface area contributed by atoms with Gasteiger partial charge in [-0.3, -0.25) is 4.79 Å². The van der Waals surface area contributed by atoms with Crippen LogP contribution >= 0.6 is 0 Å². The van der Waals surface area contributed by atoms with Gasteiger partial charge < -0.3 is 10.9 Å². The third-order valence-corrected chi connectivity index (χ3v) is 1.80. The van der Waals surface area contributed by atoms with Crippen LogP contribution in [0.15, 0.2) is 5.10 Å². The third kappa shape index (κ3) is 1.26. The molecule has 0 spiro atoms. The summed E-state index contributed by atoms with van der Waals surface area (Å²) in [4.78, 5) is 10.4. The Bertz CT molecular complexity index is 177. The molecule has 3 N–H and O–H groups in total. The van der Waals surface area contributed by atoms with Crippen LogP contribution in [-0.2, 0) is 4.79 Å². The van der Waals surface area contributed by atoms with Gasteiger partial charge in [-0.05, 0) is 12.8 Å². The molecular formula is C6H10N2O2. The van der Waals surface area contributed by atoms with Gasteiger partial charge in [-0.25, -0.2) is 0 Å². The van der Waals surface area contributed by atoms with Gasteiger partial charge >= 0.3 is 5.97 Å². The maximum absolute atomic E-state index is 10.4. The number of carboxylic acid groups (broad SMARTS) is 1. The Labute approximate surface area is 58.7 Å². The molecule has 0 aromatic carbocycles. The average Bonchev–Trinajstić information content (AvgIpc) is 2.34. The van der Waals surface area contributed by atoms with Crippen molar-refractivity contribution < 1.29 is 9.90 Å². The molecule has 0 heterocycles. The largest absolute Gasteiger partial charge is 0.481 e. The lowest BCUT2D eigenvalue weighted by atomic mass is 10.1. The van der Waals surface area contributed by atoms with Gasteiger partial charge in [0, 0.05) is 12.1 Å². The zero-order valence-electron chi connectivity index (χ0n) is 5.58. The van der Waals surface area contributed by atoms with Crippen molar-refractivity contribution in [3.8, 4) is 0 Å². The summed E-state index contributed by atoms with van der Waals surface area (Å²) < 4.78 is 0. The van der Waals surface area contributed by atoms with E-state index in [2.05, 4.69) is 5.10 Å². The molecule has 1 atom stereocenters. The van der Waals surface area contributed by atoms with Crippen molar-refractivity contribution in [1.29, 1.82) is 0 Å². The van der Waals surface area contributed by atoms with Crippen LogP contribution in [0.3, 0.4) is 0 Å². The molecule has 4 nitrogen and oxygen atoms in total. The highest BCUT2D eigenvalue weighted by Crippen LogP contribution is 2.22. The van der Waals surface area contributed by atoms with E-state index in [9.17, 15) is 4.79 Å². The number of carbonyl (C=O) groups is 1. The van der Waals surface area contributed by atoms with Gasteiger partial charge in [-0.1, -0.05) is 0 Å². The fourth-order valence-electron chi connectivity index (χ4n) is 1.16. The summed E-state index contributed by atoms with van der Waals surface area (Å²) in [6, 6.07) is 0. The van der Waals surface area contributed by atoms with Crippen molar-refractivity contribution in [2.45, 2.75) is 19.3 Å². The number of hydrogen-bond acceptors (Lipinski definition) is 3. The highest BCUT2D eigenvalue weighted by atomic mass is 16.4. The maximum Gasteiger partial charge on any atom is 0.306 e. The topological polar surface area (TPSA) is 75.7 Å². The number of rotatable bonds is 1. The fourth-order valence-corrected chi connectivity index (χ4v) is 1.16. The van der Waals surface area contributed by atoms with Crippen molar-refractivity contribution in [3.63, 3.8) is 0 Å². The van der Waals surface area contributed by atoms with Crippen LogP contribution in [0.2, 0.25) is 0 Å². The van der Waals surface area contributed by atoms with Gasteiger partial charge in [-0.2, -0.15) is 5.10 Å². The molecule has 1 aliphatic rings. The first kappa shape index (κ1) is 7.05. The summed E-state index contributed by atoms with van der Waals surface area (Å²) in [5.74, 6) is 4.01. The van der Waals surface area contributed by atoms with E-state index in [1.165, 1.54) is 0 Å². The maximum atomic E-state index is 10.4. The Hall–Kier alpha value is -1.06. The second-order valence-electron chi connectivity index (χ2n) is 2.47. The molecule has 0 aliphatic heterocycles. The molecule has 0 saturated heterocycles. The van der Waals surface area contributed by atoms with E-state index in [4.69, 9.17) is 10.9 Å². The second-order valence-corrected chi connectivity index (χ2v) is 2.47. The van der Waals surface area contributed by atoms with E-state index < -0.39 is 5.97 Å². The van der Waals surface area contributed by atoms with Crippen LogP contribution in [-0.4, -0.2) is 16.8 Å². The van der Waals surface area contributed by atoms with E-state index in [1.54, 1.807) is 0 Å². The molecule has 0 bridgehead atoms.